The number of ether oxygens (including phenoxy) is 1. The van der Waals surface area contributed by atoms with Gasteiger partial charge in [0, 0.05) is 6.54 Å². The molecular weight excluding hydrogens is 404 g/mol. The summed E-state index contributed by atoms with van der Waals surface area (Å²) >= 11 is 0. The molecule has 1 amide bonds. The van der Waals surface area contributed by atoms with Crippen molar-refractivity contribution in [1.82, 2.24) is 20.0 Å². The number of carbonyl (C=O) groups excluding carboxylic acids is 1. The molecule has 0 atom stereocenters. The van der Waals surface area contributed by atoms with Crippen molar-refractivity contribution >= 4 is 40.1 Å². The molecule has 3 N–H and O–H groups in total. The molecule has 2 aromatic carbocycles. The van der Waals surface area contributed by atoms with Crippen LogP contribution in [-0.4, -0.2) is 39.9 Å². The molecule has 0 spiro atoms. The number of aromatic nitrogens is 3. The standard InChI is InChI=1S/C24H26N6O2/c1-4-32-17-11-9-16(10-12-17)14-27-30-22(25)20(24(31)26-13-15(2)3)21-23(30)29-19-8-6-5-7-18(19)28-21/h5-12,14-15H,4,13,25H2,1-3H3,(H,26,31)/b27-14+. The van der Waals surface area contributed by atoms with Crippen LogP contribution in [0.5, 0.6) is 5.75 Å². The zero-order valence-electron chi connectivity index (χ0n) is 18.4. The third-order valence-electron chi connectivity index (χ3n) is 4.89. The number of rotatable bonds is 7. The highest BCUT2D eigenvalue weighted by Crippen LogP contribution is 2.28. The Morgan fingerprint density at radius 1 is 1.16 bits per heavy atom. The Hall–Kier alpha value is -3.94. The predicted octanol–water partition coefficient (Wildman–Crippen LogP) is 3.83. The molecule has 0 saturated carbocycles. The van der Waals surface area contributed by atoms with E-state index in [0.717, 1.165) is 11.3 Å². The molecule has 0 fully saturated rings. The molecule has 8 heteroatoms. The molecule has 0 unspecified atom stereocenters. The number of fused-ring (bicyclic) bond motifs is 2. The summed E-state index contributed by atoms with van der Waals surface area (Å²) in [7, 11) is 0. The Labute approximate surface area is 186 Å². The second kappa shape index (κ2) is 9.05. The number of nitrogen functional groups attached to an aromatic ring is 1. The van der Waals surface area contributed by atoms with Crippen LogP contribution in [0.4, 0.5) is 5.82 Å². The first kappa shape index (κ1) is 21.3. The van der Waals surface area contributed by atoms with E-state index < -0.39 is 0 Å². The lowest BCUT2D eigenvalue weighted by molar-refractivity contribution is 0.0951. The van der Waals surface area contributed by atoms with Crippen LogP contribution >= 0.6 is 0 Å². The fourth-order valence-corrected chi connectivity index (χ4v) is 3.31. The summed E-state index contributed by atoms with van der Waals surface area (Å²) < 4.78 is 6.95. The highest BCUT2D eigenvalue weighted by atomic mass is 16.5. The molecule has 0 radical (unpaired) electrons. The number of hydrogen-bond donors (Lipinski definition) is 2. The van der Waals surface area contributed by atoms with Crippen LogP contribution in [0.1, 0.15) is 36.7 Å². The Kier molecular flexibility index (Phi) is 6.02. The third kappa shape index (κ3) is 4.25. The van der Waals surface area contributed by atoms with E-state index in [1.807, 2.05) is 69.3 Å². The maximum Gasteiger partial charge on any atom is 0.257 e. The number of hydrogen-bond acceptors (Lipinski definition) is 6. The van der Waals surface area contributed by atoms with Crippen LogP contribution in [0.3, 0.4) is 0 Å². The summed E-state index contributed by atoms with van der Waals surface area (Å²) in [5.41, 5.74) is 9.77. The second-order valence-corrected chi connectivity index (χ2v) is 7.81. The van der Waals surface area contributed by atoms with Gasteiger partial charge in [0.05, 0.1) is 23.9 Å². The summed E-state index contributed by atoms with van der Waals surface area (Å²) in [6, 6.07) is 15.0. The molecule has 0 aliphatic rings. The number of nitrogens with two attached hydrogens (primary N) is 1. The number of anilines is 1. The molecule has 0 aliphatic heterocycles. The average Bonchev–Trinajstić information content (AvgIpc) is 3.05. The molecule has 4 rings (SSSR count). The van der Waals surface area contributed by atoms with E-state index in [1.165, 1.54) is 4.68 Å². The van der Waals surface area contributed by atoms with Gasteiger partial charge in [-0.3, -0.25) is 4.79 Å². The van der Waals surface area contributed by atoms with Gasteiger partial charge in [-0.2, -0.15) is 9.78 Å². The lowest BCUT2D eigenvalue weighted by atomic mass is 10.2. The van der Waals surface area contributed by atoms with E-state index in [0.29, 0.717) is 41.3 Å². The fourth-order valence-electron chi connectivity index (χ4n) is 3.31. The second-order valence-electron chi connectivity index (χ2n) is 7.81. The summed E-state index contributed by atoms with van der Waals surface area (Å²) in [6.45, 7) is 7.13. The number of carbonyl (C=O) groups is 1. The van der Waals surface area contributed by atoms with Gasteiger partial charge in [0.15, 0.2) is 5.65 Å². The summed E-state index contributed by atoms with van der Waals surface area (Å²) in [4.78, 5) is 22.3. The van der Waals surface area contributed by atoms with Crippen molar-refractivity contribution in [2.45, 2.75) is 20.8 Å². The predicted molar refractivity (Wildman–Crippen MR) is 127 cm³/mol. The van der Waals surface area contributed by atoms with Crippen LogP contribution in [-0.2, 0) is 0 Å². The van der Waals surface area contributed by atoms with Crippen molar-refractivity contribution in [2.75, 3.05) is 18.9 Å². The zero-order valence-corrected chi connectivity index (χ0v) is 18.4. The fraction of sp³-hybridized carbons (Fsp3) is 0.250. The van der Waals surface area contributed by atoms with Gasteiger partial charge in [0.2, 0.25) is 0 Å². The van der Waals surface area contributed by atoms with Gasteiger partial charge in [-0.05, 0) is 54.8 Å². The van der Waals surface area contributed by atoms with Gasteiger partial charge in [-0.15, -0.1) is 0 Å². The Morgan fingerprint density at radius 3 is 2.50 bits per heavy atom. The van der Waals surface area contributed by atoms with Crippen molar-refractivity contribution in [3.05, 3.63) is 59.7 Å². The summed E-state index contributed by atoms with van der Waals surface area (Å²) in [5, 5.41) is 7.45. The number of para-hydroxylation sites is 2. The van der Waals surface area contributed by atoms with E-state index in [2.05, 4.69) is 15.4 Å². The lowest BCUT2D eigenvalue weighted by Crippen LogP contribution is -2.28. The van der Waals surface area contributed by atoms with Gasteiger partial charge in [0.25, 0.3) is 5.91 Å². The molecule has 0 saturated heterocycles. The van der Waals surface area contributed by atoms with Gasteiger partial charge in [-0.1, -0.05) is 26.0 Å². The van der Waals surface area contributed by atoms with Crippen LogP contribution in [0, 0.1) is 5.92 Å². The minimum absolute atomic E-state index is 0.193. The van der Waals surface area contributed by atoms with Gasteiger partial charge >= 0.3 is 0 Å². The lowest BCUT2D eigenvalue weighted by Gasteiger charge is -2.07. The molecule has 0 bridgehead atoms. The molecule has 32 heavy (non-hydrogen) atoms. The number of nitrogens with one attached hydrogen (secondary N) is 1. The van der Waals surface area contributed by atoms with Crippen molar-refractivity contribution in [3.63, 3.8) is 0 Å². The van der Waals surface area contributed by atoms with Crippen LogP contribution in [0.2, 0.25) is 0 Å². The van der Waals surface area contributed by atoms with E-state index in [-0.39, 0.29) is 17.3 Å². The van der Waals surface area contributed by atoms with E-state index >= 15 is 0 Å². The normalized spacial score (nSPS) is 11.6. The van der Waals surface area contributed by atoms with Crippen molar-refractivity contribution < 1.29 is 9.53 Å². The van der Waals surface area contributed by atoms with Crippen LogP contribution in [0.25, 0.3) is 22.2 Å². The van der Waals surface area contributed by atoms with E-state index in [4.69, 9.17) is 15.5 Å². The van der Waals surface area contributed by atoms with Gasteiger partial charge < -0.3 is 15.8 Å². The van der Waals surface area contributed by atoms with Crippen molar-refractivity contribution in [2.24, 2.45) is 11.0 Å². The third-order valence-corrected chi connectivity index (χ3v) is 4.89. The first-order chi connectivity index (χ1) is 15.5. The molecule has 4 aromatic rings. The largest absolute Gasteiger partial charge is 0.494 e. The molecule has 8 nitrogen and oxygen atoms in total. The Morgan fingerprint density at radius 2 is 1.84 bits per heavy atom. The van der Waals surface area contributed by atoms with Crippen molar-refractivity contribution in [3.8, 4) is 5.75 Å². The maximum absolute atomic E-state index is 13.0. The van der Waals surface area contributed by atoms with Gasteiger partial charge in [0.1, 0.15) is 22.6 Å². The molecule has 2 heterocycles. The average molecular weight is 431 g/mol. The summed E-state index contributed by atoms with van der Waals surface area (Å²) in [6.07, 6.45) is 1.66. The van der Waals surface area contributed by atoms with E-state index in [1.54, 1.807) is 6.21 Å². The number of nitrogens with zero attached hydrogens (tertiary/aromatic N) is 4. The molecule has 164 valence electrons. The number of benzene rings is 2. The summed E-state index contributed by atoms with van der Waals surface area (Å²) in [5.74, 6) is 0.995. The monoisotopic (exact) mass is 430 g/mol. The Bertz CT molecular complexity index is 1290. The SMILES string of the molecule is CCOc1ccc(/C=N/n2c(N)c(C(=O)NCC(C)C)c3nc4ccccc4nc32)cc1. The minimum Gasteiger partial charge on any atom is -0.494 e. The first-order valence-electron chi connectivity index (χ1n) is 10.6. The van der Waals surface area contributed by atoms with Crippen molar-refractivity contribution in [1.29, 1.82) is 0 Å². The highest BCUT2D eigenvalue weighted by Gasteiger charge is 2.24. The Balaban J connectivity index is 1.80. The number of amides is 1. The van der Waals surface area contributed by atoms with Gasteiger partial charge in [-0.25, -0.2) is 9.97 Å². The molecule has 2 aromatic heterocycles. The van der Waals surface area contributed by atoms with Crippen LogP contribution < -0.4 is 15.8 Å². The van der Waals surface area contributed by atoms with E-state index in [9.17, 15) is 4.79 Å². The molecule has 0 aliphatic carbocycles. The topological polar surface area (TPSA) is 107 Å². The highest BCUT2D eigenvalue weighted by molar-refractivity contribution is 6.10. The maximum atomic E-state index is 13.0. The quantitative estimate of drug-likeness (QED) is 0.433. The minimum atomic E-state index is -0.291. The smallest absolute Gasteiger partial charge is 0.257 e. The van der Waals surface area contributed by atoms with Crippen LogP contribution in [0.15, 0.2) is 53.6 Å². The molecular formula is C24H26N6O2. The first-order valence-corrected chi connectivity index (χ1v) is 10.6. The zero-order chi connectivity index (χ0) is 22.7.